The molecule has 9 heteroatoms. The molecular formula is C26H23F2N7. The number of benzene rings is 3. The number of halogens is 2. The number of rotatable bonds is 8. The van der Waals surface area contributed by atoms with Crippen LogP contribution in [-0.4, -0.2) is 22.4 Å². The van der Waals surface area contributed by atoms with E-state index >= 15 is 0 Å². The topological polar surface area (TPSA) is 86.6 Å². The Morgan fingerprint density at radius 3 is 1.89 bits per heavy atom. The Hall–Kier alpha value is -4.66. The van der Waals surface area contributed by atoms with Crippen LogP contribution in [0.3, 0.4) is 0 Å². The van der Waals surface area contributed by atoms with Crippen LogP contribution in [0.4, 0.5) is 32.1 Å². The zero-order chi connectivity index (χ0) is 24.6. The summed E-state index contributed by atoms with van der Waals surface area (Å²) >= 11 is 0. The van der Waals surface area contributed by atoms with E-state index in [4.69, 9.17) is 0 Å². The molecule has 3 aromatic carbocycles. The number of nitrogens with zero attached hydrogens (tertiary/aromatic N) is 4. The van der Waals surface area contributed by atoms with Crippen LogP contribution in [0.5, 0.6) is 0 Å². The van der Waals surface area contributed by atoms with E-state index in [-0.39, 0.29) is 17.6 Å². The van der Waals surface area contributed by atoms with Gasteiger partial charge in [-0.2, -0.15) is 20.2 Å². The number of hydrogen-bond acceptors (Lipinski definition) is 7. The molecule has 0 fully saturated rings. The SMILES string of the molecule is Cc1c(F)cccc1C=NNc1cc(Nc2ccccc2)nc(NN=Cc2cccc(F)c2C)n1. The number of nitrogens with one attached hydrogen (secondary N) is 3. The van der Waals surface area contributed by atoms with Gasteiger partial charge in [-0.1, -0.05) is 42.5 Å². The predicted octanol–water partition coefficient (Wildman–Crippen LogP) is 6.01. The van der Waals surface area contributed by atoms with Crippen molar-refractivity contribution in [2.45, 2.75) is 13.8 Å². The van der Waals surface area contributed by atoms with E-state index in [0.717, 1.165) is 5.69 Å². The van der Waals surface area contributed by atoms with Crippen LogP contribution in [0.15, 0.2) is 83.0 Å². The third kappa shape index (κ3) is 6.23. The summed E-state index contributed by atoms with van der Waals surface area (Å²) in [6.07, 6.45) is 3.01. The normalized spacial score (nSPS) is 11.2. The highest BCUT2D eigenvalue weighted by Crippen LogP contribution is 2.19. The first-order chi connectivity index (χ1) is 17.0. The van der Waals surface area contributed by atoms with Gasteiger partial charge in [-0.25, -0.2) is 14.2 Å². The zero-order valence-corrected chi connectivity index (χ0v) is 19.1. The molecule has 0 amide bonds. The molecule has 4 aromatic rings. The second kappa shape index (κ2) is 11.0. The van der Waals surface area contributed by atoms with Crippen molar-refractivity contribution in [2.24, 2.45) is 10.2 Å². The fourth-order valence-corrected chi connectivity index (χ4v) is 3.14. The highest BCUT2D eigenvalue weighted by atomic mass is 19.1. The summed E-state index contributed by atoms with van der Waals surface area (Å²) in [6.45, 7) is 3.36. The molecule has 3 N–H and O–H groups in total. The molecule has 0 aliphatic carbocycles. The monoisotopic (exact) mass is 471 g/mol. The van der Waals surface area contributed by atoms with E-state index in [1.54, 1.807) is 44.2 Å². The molecule has 0 unspecified atom stereocenters. The van der Waals surface area contributed by atoms with Gasteiger partial charge >= 0.3 is 0 Å². The van der Waals surface area contributed by atoms with Crippen LogP contribution in [0.2, 0.25) is 0 Å². The van der Waals surface area contributed by atoms with Crippen molar-refractivity contribution >= 4 is 35.7 Å². The lowest BCUT2D eigenvalue weighted by atomic mass is 10.1. The fraction of sp³-hybridized carbons (Fsp3) is 0.0769. The largest absolute Gasteiger partial charge is 0.340 e. The van der Waals surface area contributed by atoms with Gasteiger partial charge in [0.1, 0.15) is 17.5 Å². The van der Waals surface area contributed by atoms with Gasteiger partial charge in [0, 0.05) is 22.9 Å². The lowest BCUT2D eigenvalue weighted by Gasteiger charge is -2.09. The highest BCUT2D eigenvalue weighted by molar-refractivity contribution is 5.83. The molecule has 7 nitrogen and oxygen atoms in total. The van der Waals surface area contributed by atoms with Crippen LogP contribution in [0, 0.1) is 25.5 Å². The maximum Gasteiger partial charge on any atom is 0.247 e. The van der Waals surface area contributed by atoms with Gasteiger partial charge in [0.2, 0.25) is 5.95 Å². The second-order valence-electron chi connectivity index (χ2n) is 7.60. The van der Waals surface area contributed by atoms with Gasteiger partial charge in [0.05, 0.1) is 12.4 Å². The molecule has 0 spiro atoms. The van der Waals surface area contributed by atoms with Crippen molar-refractivity contribution in [3.63, 3.8) is 0 Å². The summed E-state index contributed by atoms with van der Waals surface area (Å²) in [5.41, 5.74) is 8.71. The Bertz CT molecular complexity index is 1290. The minimum absolute atomic E-state index is 0.191. The molecule has 0 atom stereocenters. The highest BCUT2D eigenvalue weighted by Gasteiger charge is 2.06. The van der Waals surface area contributed by atoms with E-state index in [0.29, 0.717) is 33.9 Å². The molecular weight excluding hydrogens is 448 g/mol. The lowest BCUT2D eigenvalue weighted by Crippen LogP contribution is -2.04. The van der Waals surface area contributed by atoms with Gasteiger partial charge in [0.25, 0.3) is 0 Å². The van der Waals surface area contributed by atoms with Crippen molar-refractivity contribution in [2.75, 3.05) is 16.2 Å². The van der Waals surface area contributed by atoms with Gasteiger partial charge in [-0.3, -0.25) is 5.43 Å². The number of hydrogen-bond donors (Lipinski definition) is 3. The number of aromatic nitrogens is 2. The maximum absolute atomic E-state index is 13.8. The fourth-order valence-electron chi connectivity index (χ4n) is 3.14. The summed E-state index contributed by atoms with van der Waals surface area (Å²) < 4.78 is 27.5. The van der Waals surface area contributed by atoms with Crippen LogP contribution < -0.4 is 16.2 Å². The summed E-state index contributed by atoms with van der Waals surface area (Å²) in [5.74, 6) is 0.449. The molecule has 0 bridgehead atoms. The molecule has 0 aliphatic heterocycles. The van der Waals surface area contributed by atoms with Crippen LogP contribution in [0.1, 0.15) is 22.3 Å². The molecule has 1 heterocycles. The van der Waals surface area contributed by atoms with E-state index in [1.165, 1.54) is 24.6 Å². The Balaban J connectivity index is 1.56. The summed E-state index contributed by atoms with van der Waals surface area (Å²) in [4.78, 5) is 8.80. The molecule has 1 aromatic heterocycles. The quantitative estimate of drug-likeness (QED) is 0.217. The average Bonchev–Trinajstić information content (AvgIpc) is 2.85. The van der Waals surface area contributed by atoms with Crippen molar-refractivity contribution in [3.05, 3.63) is 107 Å². The standard InChI is InChI=1S/C26H23F2N7/c1-17-19(8-6-12-22(17)27)15-29-34-25-14-24(31-21-10-4-3-5-11-21)32-26(33-25)35-30-16-20-9-7-13-23(28)18(20)2/h3-16H,1-2H3,(H3,31,32,33,34,35). The lowest BCUT2D eigenvalue weighted by molar-refractivity contribution is 0.618. The maximum atomic E-state index is 13.8. The third-order valence-corrected chi connectivity index (χ3v) is 5.14. The minimum Gasteiger partial charge on any atom is -0.340 e. The molecule has 176 valence electrons. The van der Waals surface area contributed by atoms with Crippen molar-refractivity contribution in [1.29, 1.82) is 0 Å². The smallest absolute Gasteiger partial charge is 0.247 e. The van der Waals surface area contributed by atoms with E-state index in [1.807, 2.05) is 30.3 Å². The van der Waals surface area contributed by atoms with E-state index in [2.05, 4.69) is 36.3 Å². The Morgan fingerprint density at radius 1 is 0.686 bits per heavy atom. The molecule has 0 saturated heterocycles. The van der Waals surface area contributed by atoms with Gasteiger partial charge in [0.15, 0.2) is 5.82 Å². The van der Waals surface area contributed by atoms with Crippen LogP contribution in [-0.2, 0) is 0 Å². The molecule has 4 rings (SSSR count). The third-order valence-electron chi connectivity index (χ3n) is 5.14. The first-order valence-electron chi connectivity index (χ1n) is 10.8. The minimum atomic E-state index is -0.308. The Morgan fingerprint density at radius 2 is 1.26 bits per heavy atom. The first-order valence-corrected chi connectivity index (χ1v) is 10.8. The average molecular weight is 472 g/mol. The molecule has 0 radical (unpaired) electrons. The van der Waals surface area contributed by atoms with Gasteiger partial charge in [-0.05, 0) is 49.2 Å². The molecule has 0 saturated carbocycles. The van der Waals surface area contributed by atoms with Crippen LogP contribution >= 0.6 is 0 Å². The second-order valence-corrected chi connectivity index (χ2v) is 7.60. The van der Waals surface area contributed by atoms with Crippen molar-refractivity contribution in [1.82, 2.24) is 9.97 Å². The van der Waals surface area contributed by atoms with E-state index < -0.39 is 0 Å². The van der Waals surface area contributed by atoms with E-state index in [9.17, 15) is 8.78 Å². The first kappa shape index (κ1) is 23.5. The van der Waals surface area contributed by atoms with Gasteiger partial charge < -0.3 is 5.32 Å². The summed E-state index contributed by atoms with van der Waals surface area (Å²) in [7, 11) is 0. The summed E-state index contributed by atoms with van der Waals surface area (Å²) in [6, 6.07) is 20.7. The zero-order valence-electron chi connectivity index (χ0n) is 19.1. The van der Waals surface area contributed by atoms with Gasteiger partial charge in [-0.15, -0.1) is 0 Å². The molecule has 35 heavy (non-hydrogen) atoms. The van der Waals surface area contributed by atoms with Crippen molar-refractivity contribution in [3.8, 4) is 0 Å². The number of para-hydroxylation sites is 1. The Labute approximate surface area is 201 Å². The molecule has 0 aliphatic rings. The predicted molar refractivity (Wildman–Crippen MR) is 136 cm³/mol. The van der Waals surface area contributed by atoms with Crippen molar-refractivity contribution < 1.29 is 8.78 Å². The number of hydrazone groups is 2. The van der Waals surface area contributed by atoms with Crippen LogP contribution in [0.25, 0.3) is 0 Å². The Kier molecular flexibility index (Phi) is 7.37. The number of anilines is 4. The summed E-state index contributed by atoms with van der Waals surface area (Å²) in [5, 5.41) is 11.5.